The number of unbranched alkanes of at least 4 members (excludes halogenated alkanes) is 1. The largest absolute Gasteiger partial charge is 0.633 e. The minimum absolute atomic E-state index is 0. The van der Waals surface area contributed by atoms with Gasteiger partial charge in [0.15, 0.2) is 16.4 Å². The SMILES string of the molecule is COc1cc(CCN2CCN(CCCCOc3ccccc3C3(C(C)C)Sc4ccccc4C(C)[NH+]3[O-])CC2)cc(OC)c1OC.Cl.Cl. The molecular weight excluding hydrogens is 669 g/mol. The summed E-state index contributed by atoms with van der Waals surface area (Å²) in [5.41, 5.74) is 3.32. The van der Waals surface area contributed by atoms with Crippen molar-refractivity contribution in [3.63, 3.8) is 0 Å². The maximum Gasteiger partial charge on any atom is 0.203 e. The number of nitrogens with zero attached hydrogens (tertiary/aromatic N) is 2. The van der Waals surface area contributed by atoms with Gasteiger partial charge in [-0.3, -0.25) is 0 Å². The first-order chi connectivity index (χ1) is 22.3. The minimum Gasteiger partial charge on any atom is -0.633 e. The van der Waals surface area contributed by atoms with Crippen molar-refractivity contribution >= 4 is 36.6 Å². The van der Waals surface area contributed by atoms with Crippen molar-refractivity contribution in [2.24, 2.45) is 5.92 Å². The highest BCUT2D eigenvalue weighted by molar-refractivity contribution is 8.00. The number of fused-ring (bicyclic) bond motifs is 1. The molecule has 0 saturated carbocycles. The lowest BCUT2D eigenvalue weighted by atomic mass is 9.91. The van der Waals surface area contributed by atoms with Gasteiger partial charge in [-0.15, -0.1) is 24.8 Å². The molecule has 0 spiro atoms. The van der Waals surface area contributed by atoms with Crippen molar-refractivity contribution < 1.29 is 24.0 Å². The van der Waals surface area contributed by atoms with Gasteiger partial charge >= 0.3 is 0 Å². The van der Waals surface area contributed by atoms with Crippen LogP contribution in [0.2, 0.25) is 0 Å². The third kappa shape index (κ3) is 8.67. The van der Waals surface area contributed by atoms with E-state index in [1.165, 1.54) is 10.5 Å². The first kappa shape index (κ1) is 40.1. The number of halogens is 2. The number of nitrogens with one attached hydrogen (secondary N) is 1. The monoisotopic (exact) mass is 721 g/mol. The van der Waals surface area contributed by atoms with Gasteiger partial charge in [0.05, 0.1) is 33.5 Å². The van der Waals surface area contributed by atoms with E-state index in [1.54, 1.807) is 33.1 Å². The lowest BCUT2D eigenvalue weighted by molar-refractivity contribution is -0.929. The molecule has 11 heteroatoms. The Morgan fingerprint density at radius 3 is 2.06 bits per heavy atom. The number of benzene rings is 3. The van der Waals surface area contributed by atoms with Crippen LogP contribution in [-0.4, -0.2) is 77.0 Å². The summed E-state index contributed by atoms with van der Waals surface area (Å²) in [4.78, 5) is 5.62. The fraction of sp³-hybridized carbons (Fsp3) is 0.514. The second kappa shape index (κ2) is 18.6. The van der Waals surface area contributed by atoms with Gasteiger partial charge in [0, 0.05) is 49.1 Å². The second-order valence-electron chi connectivity index (χ2n) is 12.6. The predicted molar refractivity (Wildman–Crippen MR) is 200 cm³/mol. The molecule has 3 atom stereocenters. The molecule has 266 valence electrons. The van der Waals surface area contributed by atoms with Gasteiger partial charge < -0.3 is 39.0 Å². The number of hydroxylamine groups is 2. The second-order valence-corrected chi connectivity index (χ2v) is 13.9. The van der Waals surface area contributed by atoms with Crippen molar-refractivity contribution in [3.05, 3.63) is 82.6 Å². The van der Waals surface area contributed by atoms with Crippen LogP contribution >= 0.6 is 36.6 Å². The van der Waals surface area contributed by atoms with Gasteiger partial charge in [-0.1, -0.05) is 55.9 Å². The van der Waals surface area contributed by atoms with Crippen LogP contribution in [0.5, 0.6) is 23.0 Å². The standard InChI is InChI=1S/C37H51N3O5S.2ClH/c1-27(2)37(40(41)28(3)30-13-7-10-16-35(30)46-37)31-14-8-9-15-32(31)45-24-12-11-18-38-20-22-39(23-21-38)19-17-29-25-33(42-4)36(44-6)34(26-29)43-5;;/h7-10,13-16,25-28,40H,11-12,17-24H2,1-6H3;2*1H. The molecule has 2 heterocycles. The summed E-state index contributed by atoms with van der Waals surface area (Å²) in [5.74, 6) is 3.00. The van der Waals surface area contributed by atoms with Crippen LogP contribution in [-0.2, 0) is 11.3 Å². The van der Waals surface area contributed by atoms with Crippen LogP contribution in [0.3, 0.4) is 0 Å². The molecule has 3 aromatic carbocycles. The molecular formula is C37H53Cl2N3O5S. The molecule has 0 radical (unpaired) electrons. The lowest BCUT2D eigenvalue weighted by Crippen LogP contribution is -3.15. The number of hydrogen-bond acceptors (Lipinski definition) is 8. The number of thioether (sulfide) groups is 1. The molecule has 48 heavy (non-hydrogen) atoms. The van der Waals surface area contributed by atoms with Crippen LogP contribution in [0.4, 0.5) is 0 Å². The van der Waals surface area contributed by atoms with Gasteiger partial charge in [-0.05, 0) is 68.6 Å². The molecule has 1 fully saturated rings. The Morgan fingerprint density at radius 2 is 1.44 bits per heavy atom. The highest BCUT2D eigenvalue weighted by atomic mass is 35.5. The Labute approximate surface area is 303 Å². The molecule has 2 aliphatic heterocycles. The number of hydrogen-bond donors (Lipinski definition) is 1. The molecule has 1 saturated heterocycles. The Morgan fingerprint density at radius 1 is 0.833 bits per heavy atom. The molecule has 2 aliphatic rings. The minimum atomic E-state index is -0.671. The van der Waals surface area contributed by atoms with Crippen LogP contribution in [0.1, 0.15) is 56.3 Å². The van der Waals surface area contributed by atoms with Gasteiger partial charge in [0.1, 0.15) is 11.8 Å². The molecule has 3 unspecified atom stereocenters. The van der Waals surface area contributed by atoms with Crippen LogP contribution in [0.25, 0.3) is 0 Å². The lowest BCUT2D eigenvalue weighted by Gasteiger charge is -2.52. The van der Waals surface area contributed by atoms with Gasteiger partial charge in [-0.25, -0.2) is 0 Å². The normalized spacial score (nSPS) is 21.1. The summed E-state index contributed by atoms with van der Waals surface area (Å²) in [7, 11) is 4.95. The van der Waals surface area contributed by atoms with E-state index in [2.05, 4.69) is 54.8 Å². The highest BCUT2D eigenvalue weighted by Crippen LogP contribution is 2.50. The quantitative estimate of drug-likeness (QED) is 0.147. The molecule has 0 bridgehead atoms. The molecule has 8 nitrogen and oxygen atoms in total. The van der Waals surface area contributed by atoms with Crippen molar-refractivity contribution in [2.75, 3.05) is 67.2 Å². The smallest absolute Gasteiger partial charge is 0.203 e. The Bertz CT molecular complexity index is 1420. The third-order valence-corrected chi connectivity index (χ3v) is 11.4. The van der Waals surface area contributed by atoms with Gasteiger partial charge in [0.2, 0.25) is 5.75 Å². The summed E-state index contributed by atoms with van der Waals surface area (Å²) >= 11 is 1.70. The molecule has 0 aromatic heterocycles. The van der Waals surface area contributed by atoms with Crippen LogP contribution in [0, 0.1) is 11.1 Å². The van der Waals surface area contributed by atoms with E-state index in [1.807, 2.05) is 36.4 Å². The van der Waals surface area contributed by atoms with Crippen LogP contribution < -0.4 is 24.0 Å². The fourth-order valence-electron chi connectivity index (χ4n) is 6.84. The zero-order valence-corrected chi connectivity index (χ0v) is 31.6. The van der Waals surface area contributed by atoms with E-state index in [4.69, 9.17) is 18.9 Å². The molecule has 0 amide bonds. The average molecular weight is 723 g/mol. The zero-order chi connectivity index (χ0) is 32.7. The van der Waals surface area contributed by atoms with E-state index < -0.39 is 4.87 Å². The third-order valence-electron chi connectivity index (χ3n) is 9.55. The number of para-hydroxylation sites is 1. The number of piperazine rings is 1. The van der Waals surface area contributed by atoms with Crippen LogP contribution in [0.15, 0.2) is 65.6 Å². The summed E-state index contributed by atoms with van der Waals surface area (Å²) in [5, 5.41) is 14.3. The molecule has 3 aromatic rings. The van der Waals surface area contributed by atoms with Crippen molar-refractivity contribution in [3.8, 4) is 23.0 Å². The van der Waals surface area contributed by atoms with E-state index >= 15 is 0 Å². The highest BCUT2D eigenvalue weighted by Gasteiger charge is 2.51. The maximum atomic E-state index is 14.1. The molecule has 5 rings (SSSR count). The van der Waals surface area contributed by atoms with Crippen molar-refractivity contribution in [2.45, 2.75) is 55.8 Å². The first-order valence-electron chi connectivity index (χ1n) is 16.6. The predicted octanol–water partition coefficient (Wildman–Crippen LogP) is 6.63. The van der Waals surface area contributed by atoms with Gasteiger partial charge in [0.25, 0.3) is 0 Å². The fourth-order valence-corrected chi connectivity index (χ4v) is 8.49. The summed E-state index contributed by atoms with van der Waals surface area (Å²) in [6.45, 7) is 13.4. The topological polar surface area (TPSA) is 70.9 Å². The number of methoxy groups -OCH3 is 3. The Hall–Kier alpha value is -2.37. The van der Waals surface area contributed by atoms with Crippen molar-refractivity contribution in [1.82, 2.24) is 9.80 Å². The zero-order valence-electron chi connectivity index (χ0n) is 29.2. The van der Waals surface area contributed by atoms with E-state index in [0.717, 1.165) is 75.4 Å². The van der Waals surface area contributed by atoms with Crippen molar-refractivity contribution in [1.29, 1.82) is 0 Å². The Balaban J connectivity index is 0.00000312. The summed E-state index contributed by atoms with van der Waals surface area (Å²) in [6, 6.07) is 20.5. The van der Waals surface area contributed by atoms with E-state index in [9.17, 15) is 5.21 Å². The molecule has 0 aliphatic carbocycles. The summed E-state index contributed by atoms with van der Waals surface area (Å²) < 4.78 is 23.0. The number of ether oxygens (including phenoxy) is 4. The van der Waals surface area contributed by atoms with E-state index in [-0.39, 0.29) is 41.8 Å². The maximum absolute atomic E-state index is 14.1. The number of quaternary nitrogens is 1. The first-order valence-corrected chi connectivity index (χ1v) is 17.4. The number of rotatable bonds is 14. The van der Waals surface area contributed by atoms with Gasteiger partial charge in [-0.2, -0.15) is 0 Å². The summed E-state index contributed by atoms with van der Waals surface area (Å²) in [6.07, 6.45) is 2.99. The average Bonchev–Trinajstić information content (AvgIpc) is 3.08. The molecule has 1 N–H and O–H groups in total. The van der Waals surface area contributed by atoms with E-state index in [0.29, 0.717) is 23.9 Å². The Kier molecular flexibility index (Phi) is 15.5.